The largest absolute Gasteiger partial charge is 0.367 e. The number of aromatic nitrogens is 2. The molecule has 8 nitrogen and oxygen atoms in total. The van der Waals surface area contributed by atoms with Crippen LogP contribution in [0.5, 0.6) is 0 Å². The Hall–Kier alpha value is -2.84. The summed E-state index contributed by atoms with van der Waals surface area (Å²) in [5, 5.41) is 10.8. The van der Waals surface area contributed by atoms with Gasteiger partial charge in [0.05, 0.1) is 13.2 Å². The van der Waals surface area contributed by atoms with Crippen molar-refractivity contribution in [1.29, 1.82) is 0 Å². The van der Waals surface area contributed by atoms with E-state index in [0.717, 1.165) is 5.56 Å². The second kappa shape index (κ2) is 5.33. The monoisotopic (exact) mass is 339 g/mol. The number of benzene rings is 1. The van der Waals surface area contributed by atoms with Crippen molar-refractivity contribution in [2.45, 2.75) is 5.92 Å². The lowest BCUT2D eigenvalue weighted by Gasteiger charge is -2.36. The predicted octanol–water partition coefficient (Wildman–Crippen LogP) is 0.616. The first-order chi connectivity index (χ1) is 12.2. The van der Waals surface area contributed by atoms with Gasteiger partial charge in [0.2, 0.25) is 0 Å². The summed E-state index contributed by atoms with van der Waals surface area (Å²) in [7, 11) is 0. The molecule has 0 fully saturated rings. The third kappa shape index (κ3) is 2.15. The quantitative estimate of drug-likeness (QED) is 0.806. The Morgan fingerprint density at radius 2 is 1.52 bits per heavy atom. The van der Waals surface area contributed by atoms with Crippen molar-refractivity contribution in [3.8, 4) is 0 Å². The van der Waals surface area contributed by atoms with Gasteiger partial charge in [-0.2, -0.15) is 0 Å². The molecular weight excluding hydrogens is 326 g/mol. The fraction of sp³-hybridized carbons (Fsp3) is 0.294. The molecular formula is C17H13N3O5. The molecule has 0 spiro atoms. The molecule has 0 radical (unpaired) electrons. The average molecular weight is 339 g/mol. The number of hydrogen-bond acceptors (Lipinski definition) is 8. The number of ether oxygens (including phenoxy) is 2. The van der Waals surface area contributed by atoms with Crippen LogP contribution >= 0.6 is 0 Å². The summed E-state index contributed by atoms with van der Waals surface area (Å²) in [6.45, 7) is 0.628. The van der Waals surface area contributed by atoms with Crippen molar-refractivity contribution >= 4 is 22.6 Å². The van der Waals surface area contributed by atoms with Crippen LogP contribution in [-0.4, -0.2) is 48.3 Å². The lowest BCUT2D eigenvalue weighted by Crippen LogP contribution is -2.42. The summed E-state index contributed by atoms with van der Waals surface area (Å²) in [6, 6.07) is 5.43. The van der Waals surface area contributed by atoms with E-state index >= 15 is 0 Å². The molecule has 0 saturated carbocycles. The van der Waals surface area contributed by atoms with Crippen LogP contribution < -0.4 is 5.32 Å². The van der Waals surface area contributed by atoms with E-state index in [9.17, 15) is 9.59 Å². The van der Waals surface area contributed by atoms with Crippen LogP contribution in [0.15, 0.2) is 45.4 Å². The van der Waals surface area contributed by atoms with Crippen molar-refractivity contribution in [2.75, 3.05) is 26.4 Å². The van der Waals surface area contributed by atoms with Crippen LogP contribution in [0, 0.1) is 0 Å². The first-order valence-corrected chi connectivity index (χ1v) is 7.89. The Morgan fingerprint density at radius 3 is 2.20 bits per heavy atom. The minimum atomic E-state index is -0.458. The van der Waals surface area contributed by atoms with Crippen molar-refractivity contribution in [3.63, 3.8) is 0 Å². The Kier molecular flexibility index (Phi) is 3.09. The minimum absolute atomic E-state index is 0.0120. The van der Waals surface area contributed by atoms with E-state index in [1.54, 1.807) is 6.07 Å². The number of ketones is 2. The summed E-state index contributed by atoms with van der Waals surface area (Å²) < 4.78 is 15.4. The number of Topliss-reactive ketones (excluding diaryl/α,β-unsaturated/α-hetero) is 2. The molecule has 0 bridgehead atoms. The number of nitrogens with zero attached hydrogens (tertiary/aromatic N) is 2. The van der Waals surface area contributed by atoms with Gasteiger partial charge < -0.3 is 14.8 Å². The zero-order chi connectivity index (χ0) is 17.0. The Labute approximate surface area is 141 Å². The Balaban J connectivity index is 1.73. The molecule has 3 aliphatic heterocycles. The minimum Gasteiger partial charge on any atom is -0.367 e. The number of hydrogen-bond donors (Lipinski definition) is 1. The topological polar surface area (TPSA) is 104 Å². The maximum Gasteiger partial charge on any atom is 0.187 e. The van der Waals surface area contributed by atoms with Crippen molar-refractivity contribution in [1.82, 2.24) is 15.6 Å². The molecule has 4 heterocycles. The van der Waals surface area contributed by atoms with Crippen molar-refractivity contribution in [3.05, 3.63) is 46.3 Å². The maximum atomic E-state index is 12.6. The van der Waals surface area contributed by atoms with Gasteiger partial charge >= 0.3 is 0 Å². The zero-order valence-corrected chi connectivity index (χ0v) is 13.1. The molecule has 126 valence electrons. The maximum absolute atomic E-state index is 12.6. The van der Waals surface area contributed by atoms with Gasteiger partial charge in [0.25, 0.3) is 0 Å². The average Bonchev–Trinajstić information content (AvgIpc) is 3.08. The van der Waals surface area contributed by atoms with Crippen molar-refractivity contribution < 1.29 is 23.7 Å². The summed E-state index contributed by atoms with van der Waals surface area (Å²) in [6.07, 6.45) is 0. The highest BCUT2D eigenvalue weighted by Gasteiger charge is 2.41. The van der Waals surface area contributed by atoms with E-state index in [2.05, 4.69) is 15.6 Å². The molecule has 0 amide bonds. The van der Waals surface area contributed by atoms with E-state index in [0.29, 0.717) is 46.8 Å². The normalized spacial score (nSPS) is 21.4. The zero-order valence-electron chi connectivity index (χ0n) is 13.1. The SMILES string of the molecule is O=C1COCC2=C1C(c1ccc3nonc3c1)C1=C(COCC1=O)N2. The van der Waals surface area contributed by atoms with Gasteiger partial charge in [-0.15, -0.1) is 0 Å². The Morgan fingerprint density at radius 1 is 0.880 bits per heavy atom. The molecule has 0 atom stereocenters. The van der Waals surface area contributed by atoms with E-state index < -0.39 is 5.92 Å². The number of rotatable bonds is 1. The number of carbonyl (C=O) groups excluding carboxylic acids is 2. The third-order valence-electron chi connectivity index (χ3n) is 4.70. The standard InChI is InChI=1S/C17H13N3O5/c21-13-6-23-4-11-16(13)15(17-12(18-11)5-24-7-14(17)22)8-1-2-9-10(3-8)20-25-19-9/h1-3,15,18H,4-7H2. The molecule has 25 heavy (non-hydrogen) atoms. The summed E-state index contributed by atoms with van der Waals surface area (Å²) in [5.74, 6) is -0.703. The number of dihydropyridines is 1. The molecule has 8 heteroatoms. The third-order valence-corrected chi connectivity index (χ3v) is 4.70. The van der Waals surface area contributed by atoms with Crippen LogP contribution in [0.2, 0.25) is 0 Å². The van der Waals surface area contributed by atoms with Crippen LogP contribution in [0.4, 0.5) is 0 Å². The number of carbonyl (C=O) groups is 2. The molecule has 5 rings (SSSR count). The highest BCUT2D eigenvalue weighted by atomic mass is 16.6. The molecule has 0 aliphatic carbocycles. The molecule has 3 aliphatic rings. The summed E-state index contributed by atoms with van der Waals surface area (Å²) in [5.41, 5.74) is 4.55. The second-order valence-corrected chi connectivity index (χ2v) is 6.19. The van der Waals surface area contributed by atoms with E-state index in [1.165, 1.54) is 0 Å². The fourth-order valence-corrected chi connectivity index (χ4v) is 3.65. The lowest BCUT2D eigenvalue weighted by molar-refractivity contribution is -0.122. The van der Waals surface area contributed by atoms with Crippen LogP contribution in [0.3, 0.4) is 0 Å². The van der Waals surface area contributed by atoms with Gasteiger partial charge in [-0.05, 0) is 28.0 Å². The van der Waals surface area contributed by atoms with Crippen molar-refractivity contribution in [2.24, 2.45) is 0 Å². The summed E-state index contributed by atoms with van der Waals surface area (Å²) >= 11 is 0. The van der Waals surface area contributed by atoms with Gasteiger partial charge in [0, 0.05) is 28.5 Å². The number of fused-ring (bicyclic) bond motifs is 1. The van der Waals surface area contributed by atoms with Crippen LogP contribution in [0.25, 0.3) is 11.0 Å². The first-order valence-electron chi connectivity index (χ1n) is 7.89. The molecule has 2 aromatic rings. The van der Waals surface area contributed by atoms with Crippen LogP contribution in [-0.2, 0) is 19.1 Å². The predicted molar refractivity (Wildman–Crippen MR) is 83.4 cm³/mol. The van der Waals surface area contributed by atoms with E-state index in [4.69, 9.17) is 14.1 Å². The lowest BCUT2D eigenvalue weighted by atomic mass is 9.76. The number of nitrogens with one attached hydrogen (secondary N) is 1. The van der Waals surface area contributed by atoms with Crippen LogP contribution in [0.1, 0.15) is 11.5 Å². The molecule has 1 aromatic heterocycles. The van der Waals surface area contributed by atoms with E-state index in [1.807, 2.05) is 12.1 Å². The van der Waals surface area contributed by atoms with Gasteiger partial charge in [0.1, 0.15) is 24.2 Å². The van der Waals surface area contributed by atoms with E-state index in [-0.39, 0.29) is 24.8 Å². The first kappa shape index (κ1) is 14.5. The molecule has 0 saturated heterocycles. The Bertz CT molecular complexity index is 945. The summed E-state index contributed by atoms with van der Waals surface area (Å²) in [4.78, 5) is 25.1. The molecule has 1 N–H and O–H groups in total. The van der Waals surface area contributed by atoms with Gasteiger partial charge in [-0.3, -0.25) is 9.59 Å². The fourth-order valence-electron chi connectivity index (χ4n) is 3.65. The highest BCUT2D eigenvalue weighted by Crippen LogP contribution is 2.41. The van der Waals surface area contributed by atoms with Gasteiger partial charge in [0.15, 0.2) is 11.6 Å². The smallest absolute Gasteiger partial charge is 0.187 e. The molecule has 1 aromatic carbocycles. The second-order valence-electron chi connectivity index (χ2n) is 6.19. The van der Waals surface area contributed by atoms with Gasteiger partial charge in [-0.1, -0.05) is 6.07 Å². The van der Waals surface area contributed by atoms with Gasteiger partial charge in [-0.25, -0.2) is 4.63 Å². The highest BCUT2D eigenvalue weighted by molar-refractivity contribution is 6.07. The molecule has 0 unspecified atom stereocenters.